The molecule has 0 aliphatic rings. The number of aromatic nitrogens is 5. The molecule has 1 N–H and O–H groups in total. The van der Waals surface area contributed by atoms with Gasteiger partial charge in [-0.25, -0.2) is 19.7 Å². The quantitative estimate of drug-likeness (QED) is 0.923. The van der Waals surface area contributed by atoms with Gasteiger partial charge in [0.15, 0.2) is 5.82 Å². The van der Waals surface area contributed by atoms with Crippen molar-refractivity contribution in [2.24, 2.45) is 0 Å². The van der Waals surface area contributed by atoms with Gasteiger partial charge in [-0.3, -0.25) is 0 Å². The standard InChI is InChI=1S/C13H18N6O2/c1-9(17-12(20)21-13(2,3)4)10-16-8-19(18-10)11-14-6-5-7-15-11/h5-9H,1-4H3,(H,17,20)/t9-/m0/s1. The molecule has 0 unspecified atom stereocenters. The van der Waals surface area contributed by atoms with Crippen LogP contribution >= 0.6 is 0 Å². The zero-order chi connectivity index (χ0) is 15.5. The summed E-state index contributed by atoms with van der Waals surface area (Å²) in [5.74, 6) is 0.869. The summed E-state index contributed by atoms with van der Waals surface area (Å²) >= 11 is 0. The smallest absolute Gasteiger partial charge is 0.408 e. The third-order valence-corrected chi connectivity index (χ3v) is 2.39. The van der Waals surface area contributed by atoms with Crippen LogP contribution in [0.3, 0.4) is 0 Å². The van der Waals surface area contributed by atoms with Gasteiger partial charge in [-0.2, -0.15) is 4.68 Å². The maximum atomic E-state index is 11.7. The van der Waals surface area contributed by atoms with E-state index >= 15 is 0 Å². The van der Waals surface area contributed by atoms with E-state index in [2.05, 4.69) is 25.4 Å². The molecular formula is C13H18N6O2. The Labute approximate surface area is 122 Å². The van der Waals surface area contributed by atoms with Crippen molar-refractivity contribution in [2.45, 2.75) is 39.3 Å². The van der Waals surface area contributed by atoms with Gasteiger partial charge in [-0.1, -0.05) is 0 Å². The molecule has 2 heterocycles. The fourth-order valence-electron chi connectivity index (χ4n) is 1.53. The van der Waals surface area contributed by atoms with Crippen LogP contribution in [-0.4, -0.2) is 36.4 Å². The van der Waals surface area contributed by atoms with Crippen molar-refractivity contribution in [1.29, 1.82) is 0 Å². The summed E-state index contributed by atoms with van der Waals surface area (Å²) < 4.78 is 6.63. The van der Waals surface area contributed by atoms with Crippen LogP contribution in [0, 0.1) is 0 Å². The first-order chi connectivity index (χ1) is 9.85. The van der Waals surface area contributed by atoms with E-state index < -0.39 is 11.7 Å². The summed E-state index contributed by atoms with van der Waals surface area (Å²) in [5.41, 5.74) is -0.547. The molecule has 2 aromatic rings. The monoisotopic (exact) mass is 290 g/mol. The summed E-state index contributed by atoms with van der Waals surface area (Å²) in [6, 6.07) is 1.33. The van der Waals surface area contributed by atoms with Crippen molar-refractivity contribution >= 4 is 6.09 Å². The predicted molar refractivity (Wildman–Crippen MR) is 74.7 cm³/mol. The van der Waals surface area contributed by atoms with Crippen LogP contribution in [0.5, 0.6) is 0 Å². The fraction of sp³-hybridized carbons (Fsp3) is 0.462. The third kappa shape index (κ3) is 4.23. The van der Waals surface area contributed by atoms with Crippen molar-refractivity contribution in [2.75, 3.05) is 0 Å². The Morgan fingerprint density at radius 3 is 2.57 bits per heavy atom. The minimum Gasteiger partial charge on any atom is -0.444 e. The average molecular weight is 290 g/mol. The van der Waals surface area contributed by atoms with E-state index in [0.29, 0.717) is 11.8 Å². The Bertz CT molecular complexity index is 605. The summed E-state index contributed by atoms with van der Waals surface area (Å²) in [7, 11) is 0. The van der Waals surface area contributed by atoms with E-state index in [1.54, 1.807) is 46.2 Å². The molecule has 0 spiro atoms. The fourth-order valence-corrected chi connectivity index (χ4v) is 1.53. The lowest BCUT2D eigenvalue weighted by atomic mass is 10.2. The number of ether oxygens (including phenoxy) is 1. The molecule has 2 rings (SSSR count). The zero-order valence-electron chi connectivity index (χ0n) is 12.4. The van der Waals surface area contributed by atoms with Gasteiger partial charge < -0.3 is 10.1 Å². The van der Waals surface area contributed by atoms with E-state index in [1.807, 2.05) is 0 Å². The largest absolute Gasteiger partial charge is 0.444 e. The number of alkyl carbamates (subject to hydrolysis) is 1. The number of carbonyl (C=O) groups is 1. The van der Waals surface area contributed by atoms with Crippen LogP contribution < -0.4 is 5.32 Å². The summed E-state index contributed by atoms with van der Waals surface area (Å²) in [6.45, 7) is 7.18. The third-order valence-electron chi connectivity index (χ3n) is 2.39. The summed E-state index contributed by atoms with van der Waals surface area (Å²) in [5, 5.41) is 6.92. The SMILES string of the molecule is C[C@H](NC(=O)OC(C)(C)C)c1ncn(-c2ncccn2)n1. The first-order valence-electron chi connectivity index (χ1n) is 6.53. The van der Waals surface area contributed by atoms with Crippen molar-refractivity contribution in [3.63, 3.8) is 0 Å². The Hall–Kier alpha value is -2.51. The van der Waals surface area contributed by atoms with Gasteiger partial charge in [-0.05, 0) is 33.8 Å². The zero-order valence-corrected chi connectivity index (χ0v) is 12.4. The average Bonchev–Trinajstić information content (AvgIpc) is 2.87. The van der Waals surface area contributed by atoms with Crippen molar-refractivity contribution in [3.8, 4) is 5.95 Å². The first kappa shape index (κ1) is 14.9. The highest BCUT2D eigenvalue weighted by Gasteiger charge is 2.20. The highest BCUT2D eigenvalue weighted by molar-refractivity contribution is 5.68. The minimum absolute atomic E-state index is 0.384. The normalized spacial score (nSPS) is 12.8. The molecule has 112 valence electrons. The second-order valence-corrected chi connectivity index (χ2v) is 5.46. The number of nitrogens with one attached hydrogen (secondary N) is 1. The summed E-state index contributed by atoms with van der Waals surface area (Å²) in [6.07, 6.45) is 4.22. The van der Waals surface area contributed by atoms with E-state index in [-0.39, 0.29) is 6.04 Å². The van der Waals surface area contributed by atoms with Crippen LogP contribution in [0.15, 0.2) is 24.8 Å². The molecule has 8 heteroatoms. The molecule has 0 fully saturated rings. The molecule has 1 amide bonds. The van der Waals surface area contributed by atoms with Gasteiger partial charge >= 0.3 is 6.09 Å². The maximum absolute atomic E-state index is 11.7. The van der Waals surface area contributed by atoms with Crippen molar-refractivity contribution in [1.82, 2.24) is 30.0 Å². The van der Waals surface area contributed by atoms with Crippen molar-refractivity contribution < 1.29 is 9.53 Å². The van der Waals surface area contributed by atoms with Gasteiger partial charge in [0.2, 0.25) is 0 Å². The predicted octanol–water partition coefficient (Wildman–Crippen LogP) is 1.64. The molecule has 0 bridgehead atoms. The maximum Gasteiger partial charge on any atom is 0.408 e. The Balaban J connectivity index is 2.03. The van der Waals surface area contributed by atoms with Gasteiger partial charge in [-0.15, -0.1) is 5.10 Å². The molecule has 1 atom stereocenters. The van der Waals surface area contributed by atoms with Gasteiger partial charge in [0, 0.05) is 12.4 Å². The van der Waals surface area contributed by atoms with Gasteiger partial charge in [0.25, 0.3) is 5.95 Å². The number of hydrogen-bond acceptors (Lipinski definition) is 6. The Morgan fingerprint density at radius 2 is 1.95 bits per heavy atom. The van der Waals surface area contributed by atoms with Crippen LogP contribution in [0.25, 0.3) is 5.95 Å². The highest BCUT2D eigenvalue weighted by atomic mass is 16.6. The van der Waals surface area contributed by atoms with Crippen LogP contribution in [-0.2, 0) is 4.74 Å². The van der Waals surface area contributed by atoms with E-state index in [4.69, 9.17) is 4.74 Å². The van der Waals surface area contributed by atoms with Gasteiger partial charge in [0.1, 0.15) is 11.9 Å². The number of carbonyl (C=O) groups excluding carboxylic acids is 1. The Morgan fingerprint density at radius 1 is 1.29 bits per heavy atom. The number of rotatable bonds is 3. The lowest BCUT2D eigenvalue weighted by Gasteiger charge is -2.21. The lowest BCUT2D eigenvalue weighted by Crippen LogP contribution is -2.34. The number of nitrogens with zero attached hydrogens (tertiary/aromatic N) is 5. The number of hydrogen-bond donors (Lipinski definition) is 1. The molecule has 21 heavy (non-hydrogen) atoms. The minimum atomic E-state index is -0.547. The van der Waals surface area contributed by atoms with E-state index in [9.17, 15) is 4.79 Å². The van der Waals surface area contributed by atoms with E-state index in [1.165, 1.54) is 11.0 Å². The molecular weight excluding hydrogens is 272 g/mol. The summed E-state index contributed by atoms with van der Waals surface area (Å²) in [4.78, 5) is 24.0. The molecule has 0 aliphatic heterocycles. The second kappa shape index (κ2) is 5.86. The molecule has 0 aromatic carbocycles. The van der Waals surface area contributed by atoms with Crippen LogP contribution in [0.1, 0.15) is 39.6 Å². The van der Waals surface area contributed by atoms with Crippen LogP contribution in [0.4, 0.5) is 4.79 Å². The topological polar surface area (TPSA) is 94.8 Å². The number of amides is 1. The Kier molecular flexibility index (Phi) is 4.15. The lowest BCUT2D eigenvalue weighted by molar-refractivity contribution is 0.0506. The molecule has 0 saturated carbocycles. The first-order valence-corrected chi connectivity index (χ1v) is 6.53. The highest BCUT2D eigenvalue weighted by Crippen LogP contribution is 2.11. The van der Waals surface area contributed by atoms with Crippen molar-refractivity contribution in [3.05, 3.63) is 30.6 Å². The molecule has 0 radical (unpaired) electrons. The molecule has 8 nitrogen and oxygen atoms in total. The molecule has 0 aliphatic carbocycles. The van der Waals surface area contributed by atoms with Crippen LogP contribution in [0.2, 0.25) is 0 Å². The van der Waals surface area contributed by atoms with Gasteiger partial charge in [0.05, 0.1) is 6.04 Å². The molecule has 0 saturated heterocycles. The van der Waals surface area contributed by atoms with E-state index in [0.717, 1.165) is 0 Å². The second-order valence-electron chi connectivity index (χ2n) is 5.46. The molecule has 2 aromatic heterocycles.